The van der Waals surface area contributed by atoms with Crippen molar-refractivity contribution in [2.45, 2.75) is 12.7 Å². The van der Waals surface area contributed by atoms with Crippen molar-refractivity contribution in [3.8, 4) is 0 Å². The van der Waals surface area contributed by atoms with Crippen molar-refractivity contribution in [3.05, 3.63) is 22.7 Å². The number of fused-ring (bicyclic) bond motifs is 1. The van der Waals surface area contributed by atoms with Crippen molar-refractivity contribution in [2.24, 2.45) is 0 Å². The molecule has 0 bridgehead atoms. The summed E-state index contributed by atoms with van der Waals surface area (Å²) in [4.78, 5) is 0. The van der Waals surface area contributed by atoms with Crippen LogP contribution in [-0.2, 0) is 17.5 Å². The van der Waals surface area contributed by atoms with Crippen LogP contribution in [0.1, 0.15) is 5.56 Å². The molecule has 18 heavy (non-hydrogen) atoms. The molecule has 0 saturated carbocycles. The SMILES string of the molecule is COCCn1nnc2cc(C(F)(F)F)c(Cl)cc21. The van der Waals surface area contributed by atoms with Crippen LogP contribution in [0.15, 0.2) is 12.1 Å². The number of nitrogens with zero attached hydrogens (tertiary/aromatic N) is 3. The third-order valence-electron chi connectivity index (χ3n) is 2.42. The molecule has 8 heteroatoms. The molecule has 0 N–H and O–H groups in total. The Kier molecular flexibility index (Phi) is 3.45. The first-order valence-corrected chi connectivity index (χ1v) is 5.40. The molecule has 0 aliphatic rings. The lowest BCUT2D eigenvalue weighted by molar-refractivity contribution is -0.137. The molecule has 0 aliphatic carbocycles. The molecule has 4 nitrogen and oxygen atoms in total. The highest BCUT2D eigenvalue weighted by molar-refractivity contribution is 6.32. The van der Waals surface area contributed by atoms with Gasteiger partial charge in [0.15, 0.2) is 0 Å². The molecule has 0 aliphatic heterocycles. The number of hydrogen-bond donors (Lipinski definition) is 0. The maximum absolute atomic E-state index is 12.6. The Labute approximate surface area is 105 Å². The van der Waals surface area contributed by atoms with Crippen LogP contribution in [0.5, 0.6) is 0 Å². The van der Waals surface area contributed by atoms with Crippen molar-refractivity contribution in [1.29, 1.82) is 0 Å². The van der Waals surface area contributed by atoms with E-state index in [2.05, 4.69) is 10.3 Å². The highest BCUT2D eigenvalue weighted by Crippen LogP contribution is 2.36. The predicted molar refractivity (Wildman–Crippen MR) is 59.4 cm³/mol. The molecule has 1 aromatic heterocycles. The summed E-state index contributed by atoms with van der Waals surface area (Å²) < 4.78 is 44.2. The first-order chi connectivity index (χ1) is 8.43. The Morgan fingerprint density at radius 2 is 2.11 bits per heavy atom. The summed E-state index contributed by atoms with van der Waals surface area (Å²) in [5, 5.41) is 7.08. The number of alkyl halides is 3. The van der Waals surface area contributed by atoms with E-state index in [9.17, 15) is 13.2 Å². The van der Waals surface area contributed by atoms with Gasteiger partial charge in [-0.2, -0.15) is 13.2 Å². The average Bonchev–Trinajstić information content (AvgIpc) is 2.66. The summed E-state index contributed by atoms with van der Waals surface area (Å²) in [6.07, 6.45) is -4.50. The summed E-state index contributed by atoms with van der Waals surface area (Å²) >= 11 is 5.63. The minimum atomic E-state index is -4.50. The summed E-state index contributed by atoms with van der Waals surface area (Å²) in [5.41, 5.74) is -0.302. The fraction of sp³-hybridized carbons (Fsp3) is 0.400. The second-order valence-electron chi connectivity index (χ2n) is 3.62. The number of ether oxygens (including phenoxy) is 1. The zero-order chi connectivity index (χ0) is 13.3. The van der Waals surface area contributed by atoms with Crippen LogP contribution >= 0.6 is 11.6 Å². The molecule has 0 fully saturated rings. The van der Waals surface area contributed by atoms with Gasteiger partial charge in [0, 0.05) is 7.11 Å². The van der Waals surface area contributed by atoms with Crippen LogP contribution in [-0.4, -0.2) is 28.7 Å². The van der Waals surface area contributed by atoms with E-state index in [0.717, 1.165) is 6.07 Å². The van der Waals surface area contributed by atoms with E-state index in [1.807, 2.05) is 0 Å². The highest BCUT2D eigenvalue weighted by Gasteiger charge is 2.34. The van der Waals surface area contributed by atoms with Crippen LogP contribution in [0.2, 0.25) is 5.02 Å². The topological polar surface area (TPSA) is 39.9 Å². The van der Waals surface area contributed by atoms with E-state index in [0.29, 0.717) is 18.7 Å². The molecular weight excluding hydrogens is 271 g/mol. The summed E-state index contributed by atoms with van der Waals surface area (Å²) in [5.74, 6) is 0. The summed E-state index contributed by atoms with van der Waals surface area (Å²) in [6, 6.07) is 2.11. The van der Waals surface area contributed by atoms with Crippen molar-refractivity contribution >= 4 is 22.6 Å². The zero-order valence-corrected chi connectivity index (χ0v) is 10.1. The Balaban J connectivity index is 2.49. The van der Waals surface area contributed by atoms with Gasteiger partial charge < -0.3 is 4.74 Å². The quantitative estimate of drug-likeness (QED) is 0.867. The summed E-state index contributed by atoms with van der Waals surface area (Å²) in [7, 11) is 1.52. The number of aromatic nitrogens is 3. The highest BCUT2D eigenvalue weighted by atomic mass is 35.5. The third-order valence-corrected chi connectivity index (χ3v) is 2.73. The number of methoxy groups -OCH3 is 1. The van der Waals surface area contributed by atoms with Gasteiger partial charge in [-0.3, -0.25) is 0 Å². The average molecular weight is 280 g/mol. The van der Waals surface area contributed by atoms with Crippen molar-refractivity contribution < 1.29 is 17.9 Å². The van der Waals surface area contributed by atoms with Gasteiger partial charge in [-0.25, -0.2) is 4.68 Å². The van der Waals surface area contributed by atoms with Crippen LogP contribution in [0.4, 0.5) is 13.2 Å². The lowest BCUT2D eigenvalue weighted by atomic mass is 10.2. The maximum atomic E-state index is 12.6. The van der Waals surface area contributed by atoms with Gasteiger partial charge in [-0.15, -0.1) is 5.10 Å². The number of rotatable bonds is 3. The second kappa shape index (κ2) is 4.74. The van der Waals surface area contributed by atoms with Crippen molar-refractivity contribution in [2.75, 3.05) is 13.7 Å². The molecule has 2 rings (SSSR count). The standard InChI is InChI=1S/C10H9ClF3N3O/c1-18-3-2-17-9-5-7(11)6(10(12,13)14)4-8(9)15-16-17/h4-5H,2-3H2,1H3. The molecule has 98 valence electrons. The molecule has 0 saturated heterocycles. The fourth-order valence-corrected chi connectivity index (χ4v) is 1.81. The van der Waals surface area contributed by atoms with E-state index >= 15 is 0 Å². The molecule has 0 spiro atoms. The van der Waals surface area contributed by atoms with Gasteiger partial charge in [-0.1, -0.05) is 16.8 Å². The molecule has 1 heterocycles. The van der Waals surface area contributed by atoms with Gasteiger partial charge in [0.2, 0.25) is 0 Å². The number of benzene rings is 1. The lowest BCUT2D eigenvalue weighted by Crippen LogP contribution is -2.07. The van der Waals surface area contributed by atoms with Crippen molar-refractivity contribution in [1.82, 2.24) is 15.0 Å². The predicted octanol–water partition coefficient (Wildman–Crippen LogP) is 2.75. The minimum Gasteiger partial charge on any atom is -0.383 e. The van der Waals surface area contributed by atoms with Gasteiger partial charge >= 0.3 is 6.18 Å². The van der Waals surface area contributed by atoms with Gasteiger partial charge in [-0.05, 0) is 12.1 Å². The van der Waals surface area contributed by atoms with Crippen LogP contribution in [0.25, 0.3) is 11.0 Å². The Hall–Kier alpha value is -1.34. The van der Waals surface area contributed by atoms with E-state index in [1.54, 1.807) is 0 Å². The molecule has 1 aromatic carbocycles. The third kappa shape index (κ3) is 2.41. The molecular formula is C10H9ClF3N3O. The van der Waals surface area contributed by atoms with E-state index in [4.69, 9.17) is 16.3 Å². The van der Waals surface area contributed by atoms with E-state index < -0.39 is 11.7 Å². The van der Waals surface area contributed by atoms with Crippen LogP contribution in [0, 0.1) is 0 Å². The number of halogens is 4. The first kappa shape index (κ1) is 13.1. The molecule has 0 atom stereocenters. The molecule has 0 unspecified atom stereocenters. The molecule has 2 aromatic rings. The molecule has 0 radical (unpaired) electrons. The maximum Gasteiger partial charge on any atom is 0.417 e. The van der Waals surface area contributed by atoms with E-state index in [1.165, 1.54) is 17.9 Å². The van der Waals surface area contributed by atoms with E-state index in [-0.39, 0.29) is 10.5 Å². The van der Waals surface area contributed by atoms with Gasteiger partial charge in [0.1, 0.15) is 5.52 Å². The second-order valence-corrected chi connectivity index (χ2v) is 4.03. The largest absolute Gasteiger partial charge is 0.417 e. The normalized spacial score (nSPS) is 12.3. The van der Waals surface area contributed by atoms with Crippen LogP contribution in [0.3, 0.4) is 0 Å². The molecule has 0 amide bonds. The van der Waals surface area contributed by atoms with Crippen LogP contribution < -0.4 is 0 Å². The fourth-order valence-electron chi connectivity index (χ4n) is 1.55. The Morgan fingerprint density at radius 1 is 1.39 bits per heavy atom. The first-order valence-electron chi connectivity index (χ1n) is 5.02. The monoisotopic (exact) mass is 279 g/mol. The Bertz CT molecular complexity index is 567. The Morgan fingerprint density at radius 3 is 2.72 bits per heavy atom. The minimum absolute atomic E-state index is 0.155. The smallest absolute Gasteiger partial charge is 0.383 e. The van der Waals surface area contributed by atoms with Crippen molar-refractivity contribution in [3.63, 3.8) is 0 Å². The van der Waals surface area contributed by atoms with Gasteiger partial charge in [0.25, 0.3) is 0 Å². The van der Waals surface area contributed by atoms with Gasteiger partial charge in [0.05, 0.1) is 29.3 Å². The zero-order valence-electron chi connectivity index (χ0n) is 9.33. The number of hydrogen-bond acceptors (Lipinski definition) is 3. The summed E-state index contributed by atoms with van der Waals surface area (Å²) in [6.45, 7) is 0.784. The lowest BCUT2D eigenvalue weighted by Gasteiger charge is -2.08.